The lowest BCUT2D eigenvalue weighted by atomic mass is 10.0. The zero-order valence-electron chi connectivity index (χ0n) is 36.8. The summed E-state index contributed by atoms with van der Waals surface area (Å²) in [5.74, 6) is 1.92. The zero-order chi connectivity index (χ0) is 39.0. The third-order valence-electron chi connectivity index (χ3n) is 11.5. The number of benzene rings is 2. The van der Waals surface area contributed by atoms with Gasteiger partial charge in [-0.2, -0.15) is 0 Å². The molecule has 316 valence electrons. The summed E-state index contributed by atoms with van der Waals surface area (Å²) in [7, 11) is 0. The van der Waals surface area contributed by atoms with Gasteiger partial charge in [-0.05, 0) is 61.4 Å². The molecule has 0 aliphatic heterocycles. The summed E-state index contributed by atoms with van der Waals surface area (Å²) in [6.45, 7) is 6.22. The molecule has 0 saturated carbocycles. The summed E-state index contributed by atoms with van der Waals surface area (Å²) in [6.07, 6.45) is 50.6. The summed E-state index contributed by atoms with van der Waals surface area (Å²) in [6, 6.07) is 16.7. The van der Waals surface area contributed by atoms with Gasteiger partial charge in [0.05, 0.1) is 13.2 Å². The van der Waals surface area contributed by atoms with Gasteiger partial charge >= 0.3 is 0 Å². The van der Waals surface area contributed by atoms with Gasteiger partial charge in [0.2, 0.25) is 0 Å². The van der Waals surface area contributed by atoms with Gasteiger partial charge in [0.15, 0.2) is 0 Å². The average Bonchev–Trinajstić information content (AvgIpc) is 3.21. The van der Waals surface area contributed by atoms with E-state index in [0.717, 1.165) is 48.9 Å². The summed E-state index contributed by atoms with van der Waals surface area (Å²) in [5.41, 5.74) is 2.15. The Kier molecular flexibility index (Phi) is 34.5. The van der Waals surface area contributed by atoms with Crippen molar-refractivity contribution in [3.8, 4) is 11.5 Å². The van der Waals surface area contributed by atoms with Gasteiger partial charge < -0.3 is 14.8 Å². The molecule has 0 radical (unpaired) electrons. The van der Waals surface area contributed by atoms with E-state index in [1.54, 1.807) is 0 Å². The maximum absolute atomic E-state index is 6.03. The van der Waals surface area contributed by atoms with E-state index in [0.29, 0.717) is 0 Å². The Morgan fingerprint density at radius 1 is 0.273 bits per heavy atom. The molecule has 0 amide bonds. The lowest BCUT2D eigenvalue weighted by Gasteiger charge is -2.10. The molecule has 0 unspecified atom stereocenters. The number of hydrogen-bond acceptors (Lipinski definition) is 3. The Morgan fingerprint density at radius 3 is 0.691 bits per heavy atom. The van der Waals surface area contributed by atoms with Crippen LogP contribution in [0.5, 0.6) is 11.5 Å². The Bertz CT molecular complexity index is 951. The molecule has 2 aromatic rings. The molecule has 0 heterocycles. The Labute approximate surface area is 343 Å². The van der Waals surface area contributed by atoms with Crippen molar-refractivity contribution in [2.45, 2.75) is 245 Å². The second kappa shape index (κ2) is 38.7. The van der Waals surface area contributed by atoms with Gasteiger partial charge in [0, 0.05) is 11.4 Å². The van der Waals surface area contributed by atoms with Gasteiger partial charge in [-0.25, -0.2) is 0 Å². The second-order valence-electron chi connectivity index (χ2n) is 16.9. The van der Waals surface area contributed by atoms with Crippen molar-refractivity contribution in [3.05, 3.63) is 48.5 Å². The van der Waals surface area contributed by atoms with E-state index < -0.39 is 0 Å². The van der Waals surface area contributed by atoms with Crippen molar-refractivity contribution in [2.24, 2.45) is 0 Å². The lowest BCUT2D eigenvalue weighted by Crippen LogP contribution is -1.98. The van der Waals surface area contributed by atoms with E-state index in [4.69, 9.17) is 9.47 Å². The Morgan fingerprint density at radius 2 is 0.473 bits per heavy atom. The van der Waals surface area contributed by atoms with Crippen molar-refractivity contribution in [1.82, 2.24) is 0 Å². The quantitative estimate of drug-likeness (QED) is 0.0684. The maximum atomic E-state index is 6.03. The van der Waals surface area contributed by atoms with Crippen molar-refractivity contribution in [2.75, 3.05) is 18.5 Å². The molecule has 0 spiro atoms. The fourth-order valence-electron chi connectivity index (χ4n) is 7.82. The molecule has 55 heavy (non-hydrogen) atoms. The van der Waals surface area contributed by atoms with Crippen molar-refractivity contribution < 1.29 is 9.47 Å². The summed E-state index contributed by atoms with van der Waals surface area (Å²) in [4.78, 5) is 0. The third kappa shape index (κ3) is 31.6. The number of anilines is 2. The highest BCUT2D eigenvalue weighted by Crippen LogP contribution is 2.23. The topological polar surface area (TPSA) is 30.5 Å². The number of rotatable bonds is 42. The van der Waals surface area contributed by atoms with Crippen molar-refractivity contribution in [1.29, 1.82) is 0 Å². The highest BCUT2D eigenvalue weighted by atomic mass is 16.5. The molecule has 3 nitrogen and oxygen atoms in total. The van der Waals surface area contributed by atoms with E-state index in [1.807, 2.05) is 0 Å². The molecule has 0 fully saturated rings. The predicted molar refractivity (Wildman–Crippen MR) is 245 cm³/mol. The maximum Gasteiger partial charge on any atom is 0.119 e. The van der Waals surface area contributed by atoms with Crippen LogP contribution in [0.25, 0.3) is 0 Å². The van der Waals surface area contributed by atoms with Crippen LogP contribution in [0.4, 0.5) is 11.4 Å². The monoisotopic (exact) mass is 762 g/mol. The van der Waals surface area contributed by atoms with E-state index in [2.05, 4.69) is 67.7 Å². The standard InChI is InChI=1S/C52H91NO2/c1-3-5-7-9-11-13-15-17-19-21-23-25-27-29-31-33-35-37-47-54-51-43-39-49(40-44-51)53-50-41-45-52(46-42-50)55-48-38-36-34-32-30-28-26-24-22-20-18-16-14-12-10-8-6-4-2/h39-46,53H,3-38,47-48H2,1-2H3. The first-order chi connectivity index (χ1) is 27.3. The lowest BCUT2D eigenvalue weighted by molar-refractivity contribution is 0.304. The molecular weight excluding hydrogens is 671 g/mol. The summed E-state index contributed by atoms with van der Waals surface area (Å²) in [5, 5.41) is 3.51. The van der Waals surface area contributed by atoms with Crippen LogP contribution in [0.1, 0.15) is 245 Å². The molecule has 2 aromatic carbocycles. The van der Waals surface area contributed by atoms with Crippen LogP contribution in [0.2, 0.25) is 0 Å². The van der Waals surface area contributed by atoms with Gasteiger partial charge in [0.1, 0.15) is 11.5 Å². The number of hydrogen-bond donors (Lipinski definition) is 1. The van der Waals surface area contributed by atoms with E-state index in [-0.39, 0.29) is 0 Å². The first-order valence-corrected chi connectivity index (χ1v) is 24.5. The minimum Gasteiger partial charge on any atom is -0.494 e. The second-order valence-corrected chi connectivity index (χ2v) is 16.9. The molecule has 0 atom stereocenters. The van der Waals surface area contributed by atoms with Crippen LogP contribution >= 0.6 is 0 Å². The first-order valence-electron chi connectivity index (χ1n) is 24.5. The highest BCUT2D eigenvalue weighted by molar-refractivity contribution is 5.61. The van der Waals surface area contributed by atoms with Crippen molar-refractivity contribution >= 4 is 11.4 Å². The van der Waals surface area contributed by atoms with Crippen LogP contribution < -0.4 is 14.8 Å². The third-order valence-corrected chi connectivity index (χ3v) is 11.5. The number of ether oxygens (including phenoxy) is 2. The molecule has 3 heteroatoms. The molecule has 0 bridgehead atoms. The number of nitrogens with one attached hydrogen (secondary N) is 1. The molecule has 0 aliphatic carbocycles. The van der Waals surface area contributed by atoms with Gasteiger partial charge in [-0.3, -0.25) is 0 Å². The smallest absolute Gasteiger partial charge is 0.119 e. The summed E-state index contributed by atoms with van der Waals surface area (Å²) < 4.78 is 12.1. The highest BCUT2D eigenvalue weighted by Gasteiger charge is 2.01. The Hall–Kier alpha value is -2.16. The fraction of sp³-hybridized carbons (Fsp3) is 0.769. The molecular formula is C52H91NO2. The number of unbranched alkanes of at least 4 members (excludes halogenated alkanes) is 34. The van der Waals surface area contributed by atoms with Crippen LogP contribution in [0.15, 0.2) is 48.5 Å². The zero-order valence-corrected chi connectivity index (χ0v) is 36.8. The summed E-state index contributed by atoms with van der Waals surface area (Å²) >= 11 is 0. The van der Waals surface area contributed by atoms with Crippen LogP contribution in [0, 0.1) is 0 Å². The fourth-order valence-corrected chi connectivity index (χ4v) is 7.82. The normalized spacial score (nSPS) is 11.3. The largest absolute Gasteiger partial charge is 0.494 e. The molecule has 0 saturated heterocycles. The molecule has 1 N–H and O–H groups in total. The molecule has 0 aliphatic rings. The van der Waals surface area contributed by atoms with E-state index in [9.17, 15) is 0 Å². The average molecular weight is 762 g/mol. The molecule has 0 aromatic heterocycles. The van der Waals surface area contributed by atoms with Gasteiger partial charge in [-0.15, -0.1) is 0 Å². The SMILES string of the molecule is CCCCCCCCCCCCCCCCCCCCOc1ccc(Nc2ccc(OCCCCCCCCCCCCCCCCCCCC)cc2)cc1. The van der Waals surface area contributed by atoms with E-state index >= 15 is 0 Å². The van der Waals surface area contributed by atoms with Gasteiger partial charge in [-0.1, -0.05) is 232 Å². The molecule has 2 rings (SSSR count). The van der Waals surface area contributed by atoms with E-state index in [1.165, 1.54) is 218 Å². The Balaban J connectivity index is 1.34. The first kappa shape index (κ1) is 49.0. The predicted octanol–water partition coefficient (Wildman–Crippen LogP) is 18.3. The van der Waals surface area contributed by atoms with Crippen molar-refractivity contribution in [3.63, 3.8) is 0 Å². The van der Waals surface area contributed by atoms with Crippen LogP contribution in [-0.4, -0.2) is 13.2 Å². The van der Waals surface area contributed by atoms with Gasteiger partial charge in [0.25, 0.3) is 0 Å². The minimum absolute atomic E-state index is 0.812. The van der Waals surface area contributed by atoms with Crippen LogP contribution in [0.3, 0.4) is 0 Å². The van der Waals surface area contributed by atoms with Crippen LogP contribution in [-0.2, 0) is 0 Å². The minimum atomic E-state index is 0.812.